The maximum absolute atomic E-state index is 12.0. The van der Waals surface area contributed by atoms with Gasteiger partial charge in [0.1, 0.15) is 5.75 Å². The van der Waals surface area contributed by atoms with Gasteiger partial charge in [-0.1, -0.05) is 0 Å². The van der Waals surface area contributed by atoms with E-state index in [1.807, 2.05) is 0 Å². The summed E-state index contributed by atoms with van der Waals surface area (Å²) < 4.78 is 28.3. The van der Waals surface area contributed by atoms with Gasteiger partial charge in [0, 0.05) is 23.8 Å². The van der Waals surface area contributed by atoms with E-state index >= 15 is 0 Å². The fourth-order valence-electron chi connectivity index (χ4n) is 2.47. The molecular formula is C14H18ClNO4S. The number of carbonyl (C=O) groups excluding carboxylic acids is 1. The maximum Gasteiger partial charge on any atom is 0.261 e. The van der Waals surface area contributed by atoms with E-state index in [1.165, 1.54) is 12.1 Å². The van der Waals surface area contributed by atoms with E-state index in [2.05, 4.69) is 0 Å². The number of aryl methyl sites for hydroxylation is 2. The van der Waals surface area contributed by atoms with Gasteiger partial charge in [-0.15, -0.1) is 0 Å². The monoisotopic (exact) mass is 331 g/mol. The Hall–Kier alpha value is -1.27. The first kappa shape index (κ1) is 16.1. The SMILES string of the molecule is Cc1cc(S(=O)(=O)Cl)cc(C)c1OCC(=O)N1CCCC1. The molecule has 7 heteroatoms. The fraction of sp³-hybridized carbons (Fsp3) is 0.500. The summed E-state index contributed by atoms with van der Waals surface area (Å²) in [5.41, 5.74) is 1.28. The molecule has 2 rings (SSSR count). The highest BCUT2D eigenvalue weighted by Gasteiger charge is 2.20. The highest BCUT2D eigenvalue weighted by atomic mass is 35.7. The Labute approximate surface area is 129 Å². The molecule has 0 bridgehead atoms. The highest BCUT2D eigenvalue weighted by molar-refractivity contribution is 8.13. The quantitative estimate of drug-likeness (QED) is 0.794. The summed E-state index contributed by atoms with van der Waals surface area (Å²) in [5.74, 6) is 0.493. The summed E-state index contributed by atoms with van der Waals surface area (Å²) in [4.78, 5) is 13.8. The van der Waals surface area contributed by atoms with E-state index in [0.29, 0.717) is 16.9 Å². The Kier molecular flexibility index (Phi) is 4.78. The Morgan fingerprint density at radius 2 is 1.76 bits per heavy atom. The van der Waals surface area contributed by atoms with E-state index < -0.39 is 9.05 Å². The molecule has 1 fully saturated rings. The summed E-state index contributed by atoms with van der Waals surface area (Å²) in [6.45, 7) is 4.99. The van der Waals surface area contributed by atoms with Crippen LogP contribution in [0.25, 0.3) is 0 Å². The van der Waals surface area contributed by atoms with Crippen LogP contribution in [0.15, 0.2) is 17.0 Å². The lowest BCUT2D eigenvalue weighted by molar-refractivity contribution is -0.132. The van der Waals surface area contributed by atoms with Gasteiger partial charge in [-0.05, 0) is 49.9 Å². The summed E-state index contributed by atoms with van der Waals surface area (Å²) in [6, 6.07) is 2.90. The first-order chi connectivity index (χ1) is 9.79. The molecule has 21 heavy (non-hydrogen) atoms. The fourth-order valence-corrected chi connectivity index (χ4v) is 3.37. The van der Waals surface area contributed by atoms with Gasteiger partial charge < -0.3 is 9.64 Å². The van der Waals surface area contributed by atoms with Crippen molar-refractivity contribution < 1.29 is 17.9 Å². The van der Waals surface area contributed by atoms with Crippen LogP contribution in [0.1, 0.15) is 24.0 Å². The van der Waals surface area contributed by atoms with Crippen molar-refractivity contribution in [2.75, 3.05) is 19.7 Å². The minimum Gasteiger partial charge on any atom is -0.483 e. The molecule has 0 N–H and O–H groups in total. The van der Waals surface area contributed by atoms with E-state index in [9.17, 15) is 13.2 Å². The molecule has 0 radical (unpaired) electrons. The zero-order valence-electron chi connectivity index (χ0n) is 12.1. The lowest BCUT2D eigenvalue weighted by Crippen LogP contribution is -2.32. The zero-order chi connectivity index (χ0) is 15.6. The zero-order valence-corrected chi connectivity index (χ0v) is 13.6. The Bertz CT molecular complexity index is 628. The van der Waals surface area contributed by atoms with Crippen molar-refractivity contribution in [2.24, 2.45) is 0 Å². The van der Waals surface area contributed by atoms with Crippen LogP contribution in [0.2, 0.25) is 0 Å². The molecule has 0 spiro atoms. The van der Waals surface area contributed by atoms with Crippen LogP contribution < -0.4 is 4.74 Å². The van der Waals surface area contributed by atoms with Crippen molar-refractivity contribution >= 4 is 25.6 Å². The van der Waals surface area contributed by atoms with Crippen LogP contribution in [0, 0.1) is 13.8 Å². The molecule has 1 saturated heterocycles. The molecule has 0 saturated carbocycles. The third-order valence-corrected chi connectivity index (χ3v) is 4.85. The van der Waals surface area contributed by atoms with Gasteiger partial charge in [0.15, 0.2) is 6.61 Å². The first-order valence-electron chi connectivity index (χ1n) is 6.75. The predicted molar refractivity (Wildman–Crippen MR) is 80.3 cm³/mol. The molecular weight excluding hydrogens is 314 g/mol. The lowest BCUT2D eigenvalue weighted by atomic mass is 10.1. The number of hydrogen-bond donors (Lipinski definition) is 0. The number of carbonyl (C=O) groups is 1. The molecule has 0 aromatic heterocycles. The normalized spacial score (nSPS) is 15.3. The van der Waals surface area contributed by atoms with E-state index in [1.54, 1.807) is 18.7 Å². The van der Waals surface area contributed by atoms with Crippen molar-refractivity contribution in [1.29, 1.82) is 0 Å². The number of benzene rings is 1. The number of hydrogen-bond acceptors (Lipinski definition) is 4. The summed E-state index contributed by atoms with van der Waals surface area (Å²) in [6.07, 6.45) is 2.07. The second-order valence-electron chi connectivity index (χ2n) is 5.20. The predicted octanol–water partition coefficient (Wildman–Crippen LogP) is 2.23. The Morgan fingerprint density at radius 1 is 1.24 bits per heavy atom. The van der Waals surface area contributed by atoms with Crippen molar-refractivity contribution in [1.82, 2.24) is 4.90 Å². The summed E-state index contributed by atoms with van der Waals surface area (Å²) in [5, 5.41) is 0. The highest BCUT2D eigenvalue weighted by Crippen LogP contribution is 2.28. The summed E-state index contributed by atoms with van der Waals surface area (Å²) >= 11 is 0. The number of amides is 1. The van der Waals surface area contributed by atoms with Crippen LogP contribution in [0.5, 0.6) is 5.75 Å². The molecule has 1 heterocycles. The van der Waals surface area contributed by atoms with Crippen LogP contribution in [-0.2, 0) is 13.8 Å². The molecule has 5 nitrogen and oxygen atoms in total. The molecule has 0 unspecified atom stereocenters. The second kappa shape index (κ2) is 6.23. The lowest BCUT2D eigenvalue weighted by Gasteiger charge is -2.17. The molecule has 1 aromatic carbocycles. The molecule has 0 aliphatic carbocycles. The van der Waals surface area contributed by atoms with Crippen molar-refractivity contribution in [3.8, 4) is 5.75 Å². The number of halogens is 1. The van der Waals surface area contributed by atoms with Gasteiger partial charge in [0.05, 0.1) is 4.90 Å². The van der Waals surface area contributed by atoms with Gasteiger partial charge in [-0.3, -0.25) is 4.79 Å². The third kappa shape index (κ3) is 3.89. The minimum absolute atomic E-state index is 0.0331. The topological polar surface area (TPSA) is 63.7 Å². The minimum atomic E-state index is -3.77. The van der Waals surface area contributed by atoms with Gasteiger partial charge in [0.2, 0.25) is 0 Å². The standard InChI is InChI=1S/C14H18ClNO4S/c1-10-7-12(21(15,18)19)8-11(2)14(10)20-9-13(17)16-5-3-4-6-16/h7-8H,3-6,9H2,1-2H3. The third-order valence-electron chi connectivity index (χ3n) is 3.51. The molecule has 1 aliphatic rings. The molecule has 0 atom stereocenters. The Morgan fingerprint density at radius 3 is 2.24 bits per heavy atom. The molecule has 1 amide bonds. The van der Waals surface area contributed by atoms with E-state index in [4.69, 9.17) is 15.4 Å². The number of nitrogens with zero attached hydrogens (tertiary/aromatic N) is 1. The number of rotatable bonds is 4. The number of ether oxygens (including phenoxy) is 1. The van der Waals surface area contributed by atoms with Crippen molar-refractivity contribution in [2.45, 2.75) is 31.6 Å². The van der Waals surface area contributed by atoms with Gasteiger partial charge in [0.25, 0.3) is 15.0 Å². The van der Waals surface area contributed by atoms with Crippen LogP contribution in [0.4, 0.5) is 0 Å². The average molecular weight is 332 g/mol. The van der Waals surface area contributed by atoms with Crippen molar-refractivity contribution in [3.63, 3.8) is 0 Å². The van der Waals surface area contributed by atoms with Crippen LogP contribution >= 0.6 is 10.7 Å². The molecule has 1 aliphatic heterocycles. The van der Waals surface area contributed by atoms with Gasteiger partial charge in [-0.2, -0.15) is 0 Å². The van der Waals surface area contributed by atoms with Crippen LogP contribution in [0.3, 0.4) is 0 Å². The maximum atomic E-state index is 12.0. The van der Waals surface area contributed by atoms with Crippen molar-refractivity contribution in [3.05, 3.63) is 23.3 Å². The average Bonchev–Trinajstić information content (AvgIpc) is 2.90. The molecule has 116 valence electrons. The van der Waals surface area contributed by atoms with Gasteiger partial charge in [-0.25, -0.2) is 8.42 Å². The van der Waals surface area contributed by atoms with E-state index in [0.717, 1.165) is 25.9 Å². The van der Waals surface area contributed by atoms with Gasteiger partial charge >= 0.3 is 0 Å². The first-order valence-corrected chi connectivity index (χ1v) is 9.06. The number of likely N-dealkylation sites (tertiary alicyclic amines) is 1. The second-order valence-corrected chi connectivity index (χ2v) is 7.77. The largest absolute Gasteiger partial charge is 0.483 e. The van der Waals surface area contributed by atoms with E-state index in [-0.39, 0.29) is 17.4 Å². The van der Waals surface area contributed by atoms with Crippen LogP contribution in [-0.4, -0.2) is 38.9 Å². The Balaban J connectivity index is 2.12. The molecule has 1 aromatic rings. The smallest absolute Gasteiger partial charge is 0.261 e. The summed E-state index contributed by atoms with van der Waals surface area (Å²) in [7, 11) is 1.57.